The van der Waals surface area contributed by atoms with Gasteiger partial charge in [-0.2, -0.15) is 0 Å². The summed E-state index contributed by atoms with van der Waals surface area (Å²) in [5.41, 5.74) is 3.64. The Kier molecular flexibility index (Phi) is 8.44. The molecule has 190 valence electrons. The number of fused-ring (bicyclic) bond motifs is 1. The molecular weight excluding hydrogens is 464 g/mol. The van der Waals surface area contributed by atoms with Gasteiger partial charge in [-0.15, -0.1) is 0 Å². The molecule has 0 spiro atoms. The maximum atomic E-state index is 13.5. The molecule has 0 amide bonds. The van der Waals surface area contributed by atoms with E-state index in [1.165, 1.54) is 13.2 Å². The van der Waals surface area contributed by atoms with Crippen LogP contribution in [0.5, 0.6) is 23.0 Å². The molecule has 0 radical (unpaired) electrons. The molecule has 5 nitrogen and oxygen atoms in total. The molecule has 36 heavy (non-hydrogen) atoms. The fourth-order valence-electron chi connectivity index (χ4n) is 4.27. The van der Waals surface area contributed by atoms with Crippen LogP contribution in [-0.4, -0.2) is 56.6 Å². The molecule has 0 bridgehead atoms. The summed E-state index contributed by atoms with van der Waals surface area (Å²) in [6.07, 6.45) is 0. The standard InChI is InChI=1S/C17H15FO3.C12H16FNO/c1-10-13-8-12(19)4-6-16(13)21-9-14(10)11-3-5-15(18)17(7-11)20-2;13-8-11-9-14(10-11)6-7-15-12-4-2-1-3-5-12/h3-8,19H,9H2,1-2H3;1-5,11H,6-10H2. The number of halogens is 2. The highest BCUT2D eigenvalue weighted by atomic mass is 19.1. The number of benzene rings is 3. The Balaban J connectivity index is 0.000000179. The average Bonchev–Trinajstić information content (AvgIpc) is 2.87. The lowest BCUT2D eigenvalue weighted by Gasteiger charge is -2.37. The number of hydrogen-bond acceptors (Lipinski definition) is 5. The van der Waals surface area contributed by atoms with Gasteiger partial charge in [-0.3, -0.25) is 9.29 Å². The van der Waals surface area contributed by atoms with Crippen LogP contribution < -0.4 is 14.2 Å². The van der Waals surface area contributed by atoms with Crippen LogP contribution in [0.1, 0.15) is 18.1 Å². The highest BCUT2D eigenvalue weighted by molar-refractivity contribution is 5.94. The molecule has 0 atom stereocenters. The van der Waals surface area contributed by atoms with E-state index in [9.17, 15) is 13.9 Å². The first-order valence-electron chi connectivity index (χ1n) is 11.9. The van der Waals surface area contributed by atoms with Crippen LogP contribution in [0.2, 0.25) is 0 Å². The molecule has 2 heterocycles. The molecule has 1 saturated heterocycles. The Hall–Kier alpha value is -3.58. The van der Waals surface area contributed by atoms with Crippen molar-refractivity contribution in [3.05, 3.63) is 83.7 Å². The fraction of sp³-hybridized carbons (Fsp3) is 0.310. The second kappa shape index (κ2) is 11.9. The topological polar surface area (TPSA) is 51.2 Å². The maximum absolute atomic E-state index is 13.5. The number of phenolic OH excluding ortho intramolecular Hbond substituents is 1. The minimum atomic E-state index is -0.394. The highest BCUT2D eigenvalue weighted by Gasteiger charge is 2.25. The molecule has 2 aliphatic heterocycles. The number of ether oxygens (including phenoxy) is 3. The van der Waals surface area contributed by atoms with Gasteiger partial charge >= 0.3 is 0 Å². The molecule has 2 aliphatic rings. The van der Waals surface area contributed by atoms with Crippen LogP contribution in [0.3, 0.4) is 0 Å². The third-order valence-electron chi connectivity index (χ3n) is 6.36. The number of methoxy groups -OCH3 is 1. The number of para-hydroxylation sites is 1. The van der Waals surface area contributed by atoms with Gasteiger partial charge in [0.2, 0.25) is 0 Å². The summed E-state index contributed by atoms with van der Waals surface area (Å²) in [6, 6.07) is 19.5. The van der Waals surface area contributed by atoms with Crippen LogP contribution in [0, 0.1) is 11.7 Å². The number of phenols is 1. The van der Waals surface area contributed by atoms with Crippen LogP contribution in [0.15, 0.2) is 66.7 Å². The lowest BCUT2D eigenvalue weighted by molar-refractivity contribution is 0.0668. The van der Waals surface area contributed by atoms with Gasteiger partial charge in [0.25, 0.3) is 0 Å². The molecule has 1 fully saturated rings. The van der Waals surface area contributed by atoms with Crippen LogP contribution in [0.4, 0.5) is 8.78 Å². The van der Waals surface area contributed by atoms with E-state index in [1.807, 2.05) is 37.3 Å². The van der Waals surface area contributed by atoms with E-state index < -0.39 is 5.82 Å². The molecule has 3 aromatic carbocycles. The molecule has 3 aromatic rings. The first-order chi connectivity index (χ1) is 17.5. The minimum absolute atomic E-state index is 0.184. The zero-order valence-electron chi connectivity index (χ0n) is 20.5. The van der Waals surface area contributed by atoms with Gasteiger partial charge in [-0.1, -0.05) is 24.3 Å². The van der Waals surface area contributed by atoms with E-state index >= 15 is 0 Å². The molecule has 5 rings (SSSR count). The molecule has 0 aliphatic carbocycles. The van der Waals surface area contributed by atoms with Gasteiger partial charge in [0.1, 0.15) is 30.5 Å². The Labute approximate surface area is 210 Å². The van der Waals surface area contributed by atoms with Crippen molar-refractivity contribution < 1.29 is 28.1 Å². The van der Waals surface area contributed by atoms with E-state index in [-0.39, 0.29) is 24.1 Å². The normalized spacial score (nSPS) is 15.2. The Morgan fingerprint density at radius 2 is 1.83 bits per heavy atom. The van der Waals surface area contributed by atoms with Crippen molar-refractivity contribution in [1.82, 2.24) is 4.90 Å². The van der Waals surface area contributed by atoms with Crippen molar-refractivity contribution in [1.29, 1.82) is 0 Å². The summed E-state index contributed by atoms with van der Waals surface area (Å²) in [5, 5.41) is 9.63. The third-order valence-corrected chi connectivity index (χ3v) is 6.36. The number of alkyl halides is 1. The number of allylic oxidation sites excluding steroid dienone is 1. The third kappa shape index (κ3) is 6.15. The summed E-state index contributed by atoms with van der Waals surface area (Å²) >= 11 is 0. The van der Waals surface area contributed by atoms with Crippen molar-refractivity contribution in [3.63, 3.8) is 0 Å². The Morgan fingerprint density at radius 1 is 1.06 bits per heavy atom. The maximum Gasteiger partial charge on any atom is 0.165 e. The zero-order valence-corrected chi connectivity index (χ0v) is 20.5. The van der Waals surface area contributed by atoms with E-state index in [4.69, 9.17) is 14.2 Å². The number of hydrogen-bond donors (Lipinski definition) is 1. The van der Waals surface area contributed by atoms with E-state index in [2.05, 4.69) is 4.90 Å². The monoisotopic (exact) mass is 495 g/mol. The first-order valence-corrected chi connectivity index (χ1v) is 11.9. The molecular formula is C29H31F2NO4. The van der Waals surface area contributed by atoms with E-state index in [1.54, 1.807) is 30.3 Å². The van der Waals surface area contributed by atoms with Crippen LogP contribution in [-0.2, 0) is 0 Å². The van der Waals surface area contributed by atoms with Crippen molar-refractivity contribution in [2.24, 2.45) is 5.92 Å². The van der Waals surface area contributed by atoms with E-state index in [0.29, 0.717) is 13.2 Å². The summed E-state index contributed by atoms with van der Waals surface area (Å²) in [6.45, 7) is 5.53. The largest absolute Gasteiger partial charge is 0.508 e. The van der Waals surface area contributed by atoms with Crippen molar-refractivity contribution in [2.75, 3.05) is 46.6 Å². The van der Waals surface area contributed by atoms with Crippen molar-refractivity contribution >= 4 is 11.1 Å². The minimum Gasteiger partial charge on any atom is -0.508 e. The van der Waals surface area contributed by atoms with Gasteiger partial charge < -0.3 is 19.3 Å². The quantitative estimate of drug-likeness (QED) is 0.447. The van der Waals surface area contributed by atoms with Gasteiger partial charge in [0, 0.05) is 36.7 Å². The number of nitrogens with zero attached hydrogens (tertiary/aromatic N) is 1. The first kappa shape index (κ1) is 25.5. The summed E-state index contributed by atoms with van der Waals surface area (Å²) < 4.78 is 41.9. The molecule has 0 saturated carbocycles. The number of likely N-dealkylation sites (tertiary alicyclic amines) is 1. The van der Waals surface area contributed by atoms with Crippen molar-refractivity contribution in [2.45, 2.75) is 6.92 Å². The van der Waals surface area contributed by atoms with Crippen LogP contribution >= 0.6 is 0 Å². The fourth-order valence-corrected chi connectivity index (χ4v) is 4.27. The Bertz CT molecular complexity index is 1190. The predicted octanol–water partition coefficient (Wildman–Crippen LogP) is 5.83. The second-order valence-corrected chi connectivity index (χ2v) is 8.86. The average molecular weight is 496 g/mol. The summed E-state index contributed by atoms with van der Waals surface area (Å²) in [5.74, 6) is 1.91. The van der Waals surface area contributed by atoms with Gasteiger partial charge in [0.15, 0.2) is 11.6 Å². The highest BCUT2D eigenvalue weighted by Crippen LogP contribution is 2.39. The van der Waals surface area contributed by atoms with Gasteiger partial charge in [0.05, 0.1) is 13.8 Å². The van der Waals surface area contributed by atoms with Crippen LogP contribution in [0.25, 0.3) is 11.1 Å². The molecule has 0 aromatic heterocycles. The Morgan fingerprint density at radius 3 is 2.56 bits per heavy atom. The molecule has 7 heteroatoms. The smallest absolute Gasteiger partial charge is 0.165 e. The lowest BCUT2D eigenvalue weighted by Crippen LogP contribution is -2.49. The van der Waals surface area contributed by atoms with Gasteiger partial charge in [-0.05, 0) is 60.5 Å². The number of aromatic hydroxyl groups is 1. The molecule has 1 N–H and O–H groups in total. The van der Waals surface area contributed by atoms with E-state index in [0.717, 1.165) is 53.4 Å². The predicted molar refractivity (Wildman–Crippen MR) is 137 cm³/mol. The number of rotatable bonds is 7. The summed E-state index contributed by atoms with van der Waals surface area (Å²) in [4.78, 5) is 2.22. The zero-order chi connectivity index (χ0) is 25.5. The van der Waals surface area contributed by atoms with Crippen molar-refractivity contribution in [3.8, 4) is 23.0 Å². The summed E-state index contributed by atoms with van der Waals surface area (Å²) in [7, 11) is 1.44. The lowest BCUT2D eigenvalue weighted by atomic mass is 9.93. The SMILES string of the molecule is COc1cc(C2=C(C)c3cc(O)ccc3OC2)ccc1F.FCC1CN(CCOc2ccccc2)C1. The van der Waals surface area contributed by atoms with Gasteiger partial charge in [-0.25, -0.2) is 4.39 Å². The molecule has 0 unspecified atom stereocenters. The second-order valence-electron chi connectivity index (χ2n) is 8.86.